The maximum Gasteiger partial charge on any atom is 0.242 e. The van der Waals surface area contributed by atoms with Gasteiger partial charge in [0.15, 0.2) is 5.13 Å². The highest BCUT2D eigenvalue weighted by Gasteiger charge is 2.67. The normalized spacial score (nSPS) is 40.9. The Morgan fingerprint density at radius 1 is 1.44 bits per heavy atom. The second-order valence-corrected chi connectivity index (χ2v) is 6.32. The fourth-order valence-electron chi connectivity index (χ4n) is 3.81. The summed E-state index contributed by atoms with van der Waals surface area (Å²) in [7, 11) is 0. The summed E-state index contributed by atoms with van der Waals surface area (Å²) in [6.07, 6.45) is 6.79. The number of anilines is 1. The van der Waals surface area contributed by atoms with E-state index in [0.29, 0.717) is 5.13 Å². The van der Waals surface area contributed by atoms with E-state index in [2.05, 4.69) is 17.1 Å². The van der Waals surface area contributed by atoms with Crippen molar-refractivity contribution >= 4 is 28.3 Å². The van der Waals surface area contributed by atoms with Gasteiger partial charge in [0.2, 0.25) is 11.8 Å². The van der Waals surface area contributed by atoms with E-state index in [4.69, 9.17) is 0 Å². The SMILES string of the molecule is C[C@]12C(=O)N(c3nccs3)C(=O)[C@H]1[C@H]1C=C[C@@H]2C1. The molecule has 2 heterocycles. The number of hydrogen-bond acceptors (Lipinski definition) is 4. The minimum Gasteiger partial charge on any atom is -0.274 e. The third-order valence-corrected chi connectivity index (χ3v) is 5.48. The first kappa shape index (κ1) is 10.4. The molecule has 2 fully saturated rings. The third-order valence-electron chi connectivity index (χ3n) is 4.72. The molecule has 0 N–H and O–H groups in total. The zero-order chi connectivity index (χ0) is 12.5. The zero-order valence-electron chi connectivity index (χ0n) is 9.87. The first-order valence-corrected chi connectivity index (χ1v) is 6.98. The lowest BCUT2D eigenvalue weighted by Crippen LogP contribution is -2.37. The minimum atomic E-state index is -0.540. The van der Waals surface area contributed by atoms with Crippen molar-refractivity contribution in [1.29, 1.82) is 0 Å². The Labute approximate surface area is 108 Å². The molecule has 0 aromatic carbocycles. The van der Waals surface area contributed by atoms with Gasteiger partial charge in [0, 0.05) is 11.6 Å². The standard InChI is InChI=1S/C13H12N2O2S/c1-13-8-3-2-7(6-8)9(13)10(16)15(11(13)17)12-14-4-5-18-12/h2-5,7-9H,6H2,1H3/t7-,8+,9+,13+/m0/s1. The van der Waals surface area contributed by atoms with E-state index in [0.717, 1.165) is 6.42 Å². The lowest BCUT2D eigenvalue weighted by atomic mass is 9.71. The van der Waals surface area contributed by atoms with Crippen LogP contribution in [-0.4, -0.2) is 16.8 Å². The summed E-state index contributed by atoms with van der Waals surface area (Å²) in [5.74, 6) is 0.151. The van der Waals surface area contributed by atoms with Gasteiger partial charge in [0.25, 0.3) is 0 Å². The number of carbonyl (C=O) groups is 2. The molecule has 4 atom stereocenters. The highest BCUT2D eigenvalue weighted by molar-refractivity contribution is 7.14. The molecule has 92 valence electrons. The van der Waals surface area contributed by atoms with Crippen LogP contribution < -0.4 is 4.90 Å². The van der Waals surface area contributed by atoms with Crippen molar-refractivity contribution in [3.05, 3.63) is 23.7 Å². The van der Waals surface area contributed by atoms with Crippen molar-refractivity contribution < 1.29 is 9.59 Å². The molecule has 18 heavy (non-hydrogen) atoms. The largest absolute Gasteiger partial charge is 0.274 e. The molecule has 4 rings (SSSR count). The van der Waals surface area contributed by atoms with E-state index < -0.39 is 5.41 Å². The monoisotopic (exact) mass is 260 g/mol. The van der Waals surface area contributed by atoms with Gasteiger partial charge in [-0.2, -0.15) is 0 Å². The van der Waals surface area contributed by atoms with E-state index in [1.54, 1.807) is 11.6 Å². The van der Waals surface area contributed by atoms with Crippen LogP contribution in [0.2, 0.25) is 0 Å². The van der Waals surface area contributed by atoms with Crippen LogP contribution in [0, 0.1) is 23.2 Å². The molecule has 4 nitrogen and oxygen atoms in total. The van der Waals surface area contributed by atoms with Crippen molar-refractivity contribution in [1.82, 2.24) is 4.98 Å². The molecule has 1 saturated heterocycles. The van der Waals surface area contributed by atoms with Gasteiger partial charge >= 0.3 is 0 Å². The van der Waals surface area contributed by atoms with Crippen molar-refractivity contribution in [2.24, 2.45) is 23.2 Å². The summed E-state index contributed by atoms with van der Waals surface area (Å²) in [5.41, 5.74) is -0.540. The molecule has 2 bridgehead atoms. The van der Waals surface area contributed by atoms with Gasteiger partial charge in [-0.1, -0.05) is 12.2 Å². The van der Waals surface area contributed by atoms with Crippen LogP contribution >= 0.6 is 11.3 Å². The third kappa shape index (κ3) is 0.960. The quantitative estimate of drug-likeness (QED) is 0.572. The first-order chi connectivity index (χ1) is 8.64. The lowest BCUT2D eigenvalue weighted by molar-refractivity contribution is -0.127. The van der Waals surface area contributed by atoms with Crippen LogP contribution in [0.5, 0.6) is 0 Å². The van der Waals surface area contributed by atoms with Crippen molar-refractivity contribution in [3.63, 3.8) is 0 Å². The molecule has 2 amide bonds. The van der Waals surface area contributed by atoms with Crippen LogP contribution in [0.4, 0.5) is 5.13 Å². The van der Waals surface area contributed by atoms with Gasteiger partial charge in [-0.25, -0.2) is 9.88 Å². The van der Waals surface area contributed by atoms with Crippen molar-refractivity contribution in [2.45, 2.75) is 13.3 Å². The zero-order valence-corrected chi connectivity index (χ0v) is 10.7. The summed E-state index contributed by atoms with van der Waals surface area (Å²) < 4.78 is 0. The molecule has 2 aliphatic carbocycles. The van der Waals surface area contributed by atoms with Gasteiger partial charge in [-0.3, -0.25) is 9.59 Å². The van der Waals surface area contributed by atoms with Gasteiger partial charge in [-0.05, 0) is 25.2 Å². The number of rotatable bonds is 1. The second kappa shape index (κ2) is 3.09. The number of hydrogen-bond donors (Lipinski definition) is 0. The van der Waals surface area contributed by atoms with Crippen LogP contribution in [0.3, 0.4) is 0 Å². The number of imide groups is 1. The molecule has 0 spiro atoms. The summed E-state index contributed by atoms with van der Waals surface area (Å²) in [6, 6.07) is 0. The Morgan fingerprint density at radius 2 is 2.28 bits per heavy atom. The second-order valence-electron chi connectivity index (χ2n) is 5.44. The highest BCUT2D eigenvalue weighted by Crippen LogP contribution is 2.60. The number of fused-ring (bicyclic) bond motifs is 5. The first-order valence-electron chi connectivity index (χ1n) is 6.10. The van der Waals surface area contributed by atoms with Gasteiger partial charge in [-0.15, -0.1) is 11.3 Å². The topological polar surface area (TPSA) is 50.3 Å². The van der Waals surface area contributed by atoms with E-state index in [1.807, 2.05) is 6.92 Å². The molecular weight excluding hydrogens is 248 g/mol. The molecule has 1 aromatic heterocycles. The molecular formula is C13H12N2O2S. The number of amides is 2. The fraction of sp³-hybridized carbons (Fsp3) is 0.462. The van der Waals surface area contributed by atoms with Gasteiger partial charge in [0.1, 0.15) is 0 Å². The maximum atomic E-state index is 12.6. The molecule has 5 heteroatoms. The Kier molecular flexibility index (Phi) is 1.79. The molecule has 0 radical (unpaired) electrons. The van der Waals surface area contributed by atoms with E-state index in [1.165, 1.54) is 16.2 Å². The predicted octanol–water partition coefficient (Wildman–Crippen LogP) is 1.84. The smallest absolute Gasteiger partial charge is 0.242 e. The number of allylic oxidation sites excluding steroid dienone is 2. The molecule has 0 unspecified atom stereocenters. The number of nitrogens with zero attached hydrogens (tertiary/aromatic N) is 2. The Bertz CT molecular complexity index is 580. The van der Waals surface area contributed by atoms with Crippen LogP contribution in [-0.2, 0) is 9.59 Å². The Balaban J connectivity index is 1.85. The Hall–Kier alpha value is -1.49. The van der Waals surface area contributed by atoms with Crippen LogP contribution in [0.1, 0.15) is 13.3 Å². The van der Waals surface area contributed by atoms with Crippen LogP contribution in [0.25, 0.3) is 0 Å². The van der Waals surface area contributed by atoms with Crippen LogP contribution in [0.15, 0.2) is 23.7 Å². The molecule has 1 aliphatic heterocycles. The Morgan fingerprint density at radius 3 is 2.94 bits per heavy atom. The summed E-state index contributed by atoms with van der Waals surface area (Å²) in [6.45, 7) is 1.94. The minimum absolute atomic E-state index is 0.0608. The summed E-state index contributed by atoms with van der Waals surface area (Å²) in [5, 5.41) is 2.30. The average Bonchev–Trinajstić information content (AvgIpc) is 3.04. The summed E-state index contributed by atoms with van der Waals surface area (Å²) >= 11 is 1.34. The van der Waals surface area contributed by atoms with Crippen molar-refractivity contribution in [2.75, 3.05) is 4.90 Å². The molecule has 1 aromatic rings. The fourth-order valence-corrected chi connectivity index (χ4v) is 4.46. The number of aromatic nitrogens is 1. The maximum absolute atomic E-state index is 12.6. The van der Waals surface area contributed by atoms with E-state index in [-0.39, 0.29) is 29.6 Å². The summed E-state index contributed by atoms with van der Waals surface area (Å²) in [4.78, 5) is 30.6. The number of carbonyl (C=O) groups excluding carboxylic acids is 2. The van der Waals surface area contributed by atoms with E-state index in [9.17, 15) is 9.59 Å². The highest BCUT2D eigenvalue weighted by atomic mass is 32.1. The van der Waals surface area contributed by atoms with Crippen molar-refractivity contribution in [3.8, 4) is 0 Å². The molecule has 1 saturated carbocycles. The average molecular weight is 260 g/mol. The van der Waals surface area contributed by atoms with E-state index >= 15 is 0 Å². The van der Waals surface area contributed by atoms with Gasteiger partial charge < -0.3 is 0 Å². The predicted molar refractivity (Wildman–Crippen MR) is 66.9 cm³/mol. The lowest BCUT2D eigenvalue weighted by Gasteiger charge is -2.27. The number of thiazole rings is 1. The van der Waals surface area contributed by atoms with Gasteiger partial charge in [0.05, 0.1) is 11.3 Å². The molecule has 3 aliphatic rings.